The minimum absolute atomic E-state index is 0.186. The first kappa shape index (κ1) is 19.4. The van der Waals surface area contributed by atoms with Gasteiger partial charge in [0.25, 0.3) is 0 Å². The summed E-state index contributed by atoms with van der Waals surface area (Å²) in [5.41, 5.74) is 3.28. The number of nitrogens with zero attached hydrogens (tertiary/aromatic N) is 2. The van der Waals surface area contributed by atoms with E-state index in [1.54, 1.807) is 6.20 Å². The number of rotatable bonds is 4. The molecular weight excluding hydrogens is 400 g/mol. The van der Waals surface area contributed by atoms with E-state index in [1.807, 2.05) is 18.3 Å². The Labute approximate surface area is 180 Å². The van der Waals surface area contributed by atoms with Crippen LogP contribution in [0.15, 0.2) is 41.1 Å². The number of amides is 2. The van der Waals surface area contributed by atoms with Gasteiger partial charge in [-0.1, -0.05) is 36.9 Å². The number of halogens is 1. The maximum atomic E-state index is 12.4. The molecule has 3 heterocycles. The highest BCUT2D eigenvalue weighted by molar-refractivity contribution is 6.35. The highest BCUT2D eigenvalue weighted by atomic mass is 35.5. The molecule has 0 bridgehead atoms. The molecule has 1 aliphatic heterocycles. The highest BCUT2D eigenvalue weighted by Crippen LogP contribution is 2.49. The van der Waals surface area contributed by atoms with Crippen LogP contribution < -0.4 is 10.6 Å². The number of carbonyl (C=O) groups excluding carboxylic acids is 1. The standard InChI is InChI=1S/C23H25ClN4O2/c1-28(13-15-6-5-9-25-12-15)14-17-10-16-11-18(24)20-19(21(16)30-17)23(27-22(29)26-20)7-3-2-4-8-23/h5-6,9-12H,2-4,7-8,13-14H2,1H3,(H2,26,27,29). The molecule has 1 spiro atoms. The molecule has 5 rings (SSSR count). The Morgan fingerprint density at radius 1 is 1.23 bits per heavy atom. The van der Waals surface area contributed by atoms with E-state index in [-0.39, 0.29) is 6.03 Å². The maximum Gasteiger partial charge on any atom is 0.319 e. The molecule has 7 heteroatoms. The molecule has 0 radical (unpaired) electrons. The van der Waals surface area contributed by atoms with Crippen LogP contribution in [-0.4, -0.2) is 23.0 Å². The Balaban J connectivity index is 1.52. The fourth-order valence-corrected chi connectivity index (χ4v) is 5.20. The van der Waals surface area contributed by atoms with Crippen molar-refractivity contribution in [2.45, 2.75) is 50.7 Å². The van der Waals surface area contributed by atoms with Gasteiger partial charge >= 0.3 is 6.03 Å². The summed E-state index contributed by atoms with van der Waals surface area (Å²) >= 11 is 6.61. The van der Waals surface area contributed by atoms with Crippen molar-refractivity contribution in [2.24, 2.45) is 0 Å². The molecule has 0 unspecified atom stereocenters. The maximum absolute atomic E-state index is 12.4. The molecule has 6 nitrogen and oxygen atoms in total. The van der Waals surface area contributed by atoms with E-state index in [9.17, 15) is 4.79 Å². The summed E-state index contributed by atoms with van der Waals surface area (Å²) in [6.07, 6.45) is 8.81. The summed E-state index contributed by atoms with van der Waals surface area (Å²) in [6, 6.07) is 7.79. The number of furan rings is 1. The van der Waals surface area contributed by atoms with E-state index in [0.717, 1.165) is 60.1 Å². The van der Waals surface area contributed by atoms with E-state index >= 15 is 0 Å². The second-order valence-corrected chi connectivity index (χ2v) is 8.90. The fraction of sp³-hybridized carbons (Fsp3) is 0.391. The third-order valence-electron chi connectivity index (χ3n) is 6.19. The highest BCUT2D eigenvalue weighted by Gasteiger charge is 2.43. The molecule has 2 amide bonds. The third-order valence-corrected chi connectivity index (χ3v) is 6.49. The first-order valence-corrected chi connectivity index (χ1v) is 10.8. The minimum Gasteiger partial charge on any atom is -0.459 e. The summed E-state index contributed by atoms with van der Waals surface area (Å²) in [4.78, 5) is 18.8. The number of benzene rings is 1. The van der Waals surface area contributed by atoms with Crippen molar-refractivity contribution in [3.8, 4) is 0 Å². The molecule has 2 N–H and O–H groups in total. The molecule has 2 aliphatic rings. The lowest BCUT2D eigenvalue weighted by molar-refractivity contribution is 0.208. The van der Waals surface area contributed by atoms with Gasteiger partial charge in [0.15, 0.2) is 0 Å². The SMILES string of the molecule is CN(Cc1cccnc1)Cc1cc2cc(Cl)c3c(c2o1)C1(CCCCC1)NC(=O)N3. The summed E-state index contributed by atoms with van der Waals surface area (Å²) in [7, 11) is 2.06. The van der Waals surface area contributed by atoms with Gasteiger partial charge in [0.1, 0.15) is 11.3 Å². The van der Waals surface area contributed by atoms with E-state index < -0.39 is 5.54 Å². The zero-order chi connectivity index (χ0) is 20.7. The quantitative estimate of drug-likeness (QED) is 0.587. The van der Waals surface area contributed by atoms with Gasteiger partial charge in [-0.2, -0.15) is 0 Å². The number of anilines is 1. The number of hydrogen-bond acceptors (Lipinski definition) is 4. The van der Waals surface area contributed by atoms with Crippen LogP contribution in [0.25, 0.3) is 11.0 Å². The molecule has 2 aromatic heterocycles. The Kier molecular flexibility index (Phi) is 4.91. The topological polar surface area (TPSA) is 70.4 Å². The first-order chi connectivity index (χ1) is 14.5. The molecule has 3 aromatic rings. The van der Waals surface area contributed by atoms with Crippen LogP contribution in [0.4, 0.5) is 10.5 Å². The van der Waals surface area contributed by atoms with E-state index in [2.05, 4.69) is 39.7 Å². The number of aromatic nitrogens is 1. The second-order valence-electron chi connectivity index (χ2n) is 8.49. The van der Waals surface area contributed by atoms with E-state index in [4.69, 9.17) is 16.0 Å². The zero-order valence-electron chi connectivity index (χ0n) is 17.0. The van der Waals surface area contributed by atoms with Crippen LogP contribution in [0, 0.1) is 0 Å². The summed E-state index contributed by atoms with van der Waals surface area (Å²) < 4.78 is 6.39. The Hall–Kier alpha value is -2.57. The number of urea groups is 1. The first-order valence-electron chi connectivity index (χ1n) is 10.5. The zero-order valence-corrected chi connectivity index (χ0v) is 17.8. The van der Waals surface area contributed by atoms with E-state index in [0.29, 0.717) is 17.3 Å². The molecule has 156 valence electrons. The van der Waals surface area contributed by atoms with Crippen LogP contribution in [0.2, 0.25) is 5.02 Å². The van der Waals surface area contributed by atoms with Crippen molar-refractivity contribution >= 4 is 34.3 Å². The molecule has 1 aliphatic carbocycles. The van der Waals surface area contributed by atoms with Crippen molar-refractivity contribution in [3.05, 3.63) is 58.6 Å². The lowest BCUT2D eigenvalue weighted by Crippen LogP contribution is -2.52. The summed E-state index contributed by atoms with van der Waals surface area (Å²) in [5, 5.41) is 7.66. The van der Waals surface area contributed by atoms with Crippen molar-refractivity contribution < 1.29 is 9.21 Å². The Morgan fingerprint density at radius 2 is 2.07 bits per heavy atom. The van der Waals surface area contributed by atoms with Crippen LogP contribution in [0.1, 0.15) is 49.0 Å². The molecular formula is C23H25ClN4O2. The van der Waals surface area contributed by atoms with Gasteiger partial charge < -0.3 is 15.1 Å². The fourth-order valence-electron chi connectivity index (χ4n) is 4.94. The van der Waals surface area contributed by atoms with Crippen LogP contribution in [0.3, 0.4) is 0 Å². The molecule has 0 atom stereocenters. The van der Waals surface area contributed by atoms with Crippen molar-refractivity contribution in [1.29, 1.82) is 0 Å². The summed E-state index contributed by atoms with van der Waals surface area (Å²) in [6.45, 7) is 1.45. The average molecular weight is 425 g/mol. The van der Waals surface area contributed by atoms with Crippen LogP contribution in [-0.2, 0) is 18.6 Å². The third kappa shape index (κ3) is 3.44. The van der Waals surface area contributed by atoms with E-state index in [1.165, 1.54) is 6.42 Å². The molecule has 0 saturated heterocycles. The van der Waals surface area contributed by atoms with Crippen LogP contribution >= 0.6 is 11.6 Å². The Bertz CT molecular complexity index is 1090. The summed E-state index contributed by atoms with van der Waals surface area (Å²) in [5.74, 6) is 0.878. The van der Waals surface area contributed by atoms with Gasteiger partial charge in [0, 0.05) is 29.9 Å². The van der Waals surface area contributed by atoms with Crippen molar-refractivity contribution in [2.75, 3.05) is 12.4 Å². The number of fused-ring (bicyclic) bond motifs is 4. The molecule has 1 saturated carbocycles. The van der Waals surface area contributed by atoms with Gasteiger partial charge in [-0.15, -0.1) is 0 Å². The van der Waals surface area contributed by atoms with Gasteiger partial charge in [-0.25, -0.2) is 4.79 Å². The monoisotopic (exact) mass is 424 g/mol. The largest absolute Gasteiger partial charge is 0.459 e. The smallest absolute Gasteiger partial charge is 0.319 e. The van der Waals surface area contributed by atoms with Gasteiger partial charge in [-0.05, 0) is 43.7 Å². The molecule has 1 fully saturated rings. The Morgan fingerprint density at radius 3 is 2.83 bits per heavy atom. The predicted molar refractivity (Wildman–Crippen MR) is 118 cm³/mol. The second kappa shape index (κ2) is 7.60. The molecule has 30 heavy (non-hydrogen) atoms. The van der Waals surface area contributed by atoms with Crippen LogP contribution in [0.5, 0.6) is 0 Å². The van der Waals surface area contributed by atoms with Gasteiger partial charge in [0.2, 0.25) is 0 Å². The van der Waals surface area contributed by atoms with Crippen molar-refractivity contribution in [3.63, 3.8) is 0 Å². The number of hydrogen-bond donors (Lipinski definition) is 2. The number of nitrogens with one attached hydrogen (secondary N) is 2. The van der Waals surface area contributed by atoms with Gasteiger partial charge in [0.05, 0.1) is 22.8 Å². The minimum atomic E-state index is -0.407. The normalized spacial score (nSPS) is 17.8. The van der Waals surface area contributed by atoms with Gasteiger partial charge in [-0.3, -0.25) is 9.88 Å². The lowest BCUT2D eigenvalue weighted by Gasteiger charge is -2.42. The van der Waals surface area contributed by atoms with Crippen molar-refractivity contribution in [1.82, 2.24) is 15.2 Å². The lowest BCUT2D eigenvalue weighted by atomic mass is 9.74. The number of carbonyl (C=O) groups is 1. The average Bonchev–Trinajstić information content (AvgIpc) is 3.10. The molecule has 1 aromatic carbocycles. The number of pyridine rings is 1. The predicted octanol–water partition coefficient (Wildman–Crippen LogP) is 5.41.